The SMILES string of the molecule is CC(C)(c1ccc(-c2cccc(OC#N)c2)cc1)c1ccc(-c2cccc(OC#N)c2)cc1. The maximum absolute atomic E-state index is 8.74. The van der Waals surface area contributed by atoms with Gasteiger partial charge in [0.05, 0.1) is 0 Å². The zero-order valence-electron chi connectivity index (χ0n) is 18.4. The summed E-state index contributed by atoms with van der Waals surface area (Å²) in [5.74, 6) is 1.06. The summed E-state index contributed by atoms with van der Waals surface area (Å²) < 4.78 is 9.90. The van der Waals surface area contributed by atoms with Gasteiger partial charge in [0, 0.05) is 5.41 Å². The first-order valence-electron chi connectivity index (χ1n) is 10.5. The van der Waals surface area contributed by atoms with E-state index >= 15 is 0 Å². The lowest BCUT2D eigenvalue weighted by atomic mass is 9.77. The molecule has 4 heteroatoms. The lowest BCUT2D eigenvalue weighted by Crippen LogP contribution is -2.18. The van der Waals surface area contributed by atoms with Gasteiger partial charge in [0.1, 0.15) is 11.5 Å². The van der Waals surface area contributed by atoms with Crippen molar-refractivity contribution in [2.75, 3.05) is 0 Å². The fourth-order valence-electron chi connectivity index (χ4n) is 3.91. The van der Waals surface area contributed by atoms with Gasteiger partial charge in [0.15, 0.2) is 0 Å². The molecule has 33 heavy (non-hydrogen) atoms. The van der Waals surface area contributed by atoms with Crippen molar-refractivity contribution in [2.45, 2.75) is 19.3 Å². The maximum atomic E-state index is 8.74. The van der Waals surface area contributed by atoms with Crippen molar-refractivity contribution in [2.24, 2.45) is 0 Å². The smallest absolute Gasteiger partial charge is 0.292 e. The average Bonchev–Trinajstić information content (AvgIpc) is 2.85. The molecule has 4 aromatic rings. The van der Waals surface area contributed by atoms with Crippen LogP contribution in [0.2, 0.25) is 0 Å². The third kappa shape index (κ3) is 4.71. The van der Waals surface area contributed by atoms with Crippen LogP contribution in [0.1, 0.15) is 25.0 Å². The number of nitrogens with zero attached hydrogens (tertiary/aromatic N) is 2. The molecule has 0 fully saturated rings. The molecule has 4 nitrogen and oxygen atoms in total. The molecule has 0 aliphatic rings. The van der Waals surface area contributed by atoms with E-state index < -0.39 is 0 Å². The number of benzene rings is 4. The van der Waals surface area contributed by atoms with Crippen LogP contribution in [0.15, 0.2) is 97.1 Å². The van der Waals surface area contributed by atoms with Crippen LogP contribution in [-0.4, -0.2) is 0 Å². The summed E-state index contributed by atoms with van der Waals surface area (Å²) in [6.07, 6.45) is 3.43. The first-order chi connectivity index (χ1) is 16.0. The molecule has 0 saturated carbocycles. The van der Waals surface area contributed by atoms with Gasteiger partial charge in [-0.15, -0.1) is 10.5 Å². The highest BCUT2D eigenvalue weighted by atomic mass is 16.5. The topological polar surface area (TPSA) is 66.0 Å². The van der Waals surface area contributed by atoms with Gasteiger partial charge in [0.25, 0.3) is 12.5 Å². The quantitative estimate of drug-likeness (QED) is 0.307. The van der Waals surface area contributed by atoms with Gasteiger partial charge in [-0.25, -0.2) is 0 Å². The van der Waals surface area contributed by atoms with Crippen LogP contribution in [0.4, 0.5) is 0 Å². The summed E-state index contributed by atoms with van der Waals surface area (Å²) in [6, 6.07) is 32.0. The monoisotopic (exact) mass is 430 g/mol. The predicted molar refractivity (Wildman–Crippen MR) is 128 cm³/mol. The van der Waals surface area contributed by atoms with Gasteiger partial charge in [-0.1, -0.05) is 86.6 Å². The Hall–Kier alpha value is -4.54. The predicted octanol–water partition coefficient (Wildman–Crippen LogP) is 7.07. The molecule has 0 radical (unpaired) electrons. The molecular weight excluding hydrogens is 408 g/mol. The van der Waals surface area contributed by atoms with Crippen LogP contribution in [-0.2, 0) is 5.41 Å². The first-order valence-corrected chi connectivity index (χ1v) is 10.5. The second-order valence-electron chi connectivity index (χ2n) is 8.22. The normalized spacial score (nSPS) is 10.7. The number of hydrogen-bond acceptors (Lipinski definition) is 4. The van der Waals surface area contributed by atoms with Crippen molar-refractivity contribution in [1.82, 2.24) is 0 Å². The van der Waals surface area contributed by atoms with E-state index in [0.29, 0.717) is 11.5 Å². The summed E-state index contributed by atoms with van der Waals surface area (Å²) in [7, 11) is 0. The van der Waals surface area contributed by atoms with E-state index in [1.165, 1.54) is 11.1 Å². The van der Waals surface area contributed by atoms with Crippen LogP contribution in [0.25, 0.3) is 22.3 Å². The van der Waals surface area contributed by atoms with Gasteiger partial charge in [-0.3, -0.25) is 0 Å². The molecule has 0 aliphatic carbocycles. The molecule has 0 unspecified atom stereocenters. The summed E-state index contributed by atoms with van der Waals surface area (Å²) in [5.41, 5.74) is 6.34. The van der Waals surface area contributed by atoms with Crippen molar-refractivity contribution in [3.05, 3.63) is 108 Å². The lowest BCUT2D eigenvalue weighted by Gasteiger charge is -2.26. The molecule has 0 heterocycles. The number of ether oxygens (including phenoxy) is 2. The van der Waals surface area contributed by atoms with Gasteiger partial charge >= 0.3 is 0 Å². The highest BCUT2D eigenvalue weighted by Crippen LogP contribution is 2.35. The van der Waals surface area contributed by atoms with Gasteiger partial charge in [-0.05, 0) is 57.6 Å². The zero-order chi connectivity index (χ0) is 23.3. The second kappa shape index (κ2) is 9.30. The molecule has 0 aromatic heterocycles. The number of nitriles is 2. The van der Waals surface area contributed by atoms with Gasteiger partial charge in [-0.2, -0.15) is 0 Å². The average molecular weight is 431 g/mol. The van der Waals surface area contributed by atoms with E-state index in [2.05, 4.69) is 62.4 Å². The molecular formula is C29H22N2O2. The largest absolute Gasteiger partial charge is 0.388 e. The summed E-state index contributed by atoms with van der Waals surface area (Å²) in [4.78, 5) is 0. The maximum Gasteiger partial charge on any atom is 0.292 e. The van der Waals surface area contributed by atoms with Crippen molar-refractivity contribution in [3.63, 3.8) is 0 Å². The molecule has 160 valence electrons. The van der Waals surface area contributed by atoms with Crippen molar-refractivity contribution < 1.29 is 9.47 Å². The van der Waals surface area contributed by atoms with E-state index in [1.807, 2.05) is 36.4 Å². The summed E-state index contributed by atoms with van der Waals surface area (Å²) >= 11 is 0. The third-order valence-electron chi connectivity index (χ3n) is 5.87. The van der Waals surface area contributed by atoms with Crippen LogP contribution < -0.4 is 9.47 Å². The molecule has 4 aromatic carbocycles. The van der Waals surface area contributed by atoms with E-state index in [0.717, 1.165) is 22.3 Å². The van der Waals surface area contributed by atoms with Crippen LogP contribution >= 0.6 is 0 Å². The minimum atomic E-state index is -0.186. The summed E-state index contributed by atoms with van der Waals surface area (Å²) in [6.45, 7) is 4.42. The minimum absolute atomic E-state index is 0.186. The highest BCUT2D eigenvalue weighted by Gasteiger charge is 2.23. The minimum Gasteiger partial charge on any atom is -0.388 e. The van der Waals surface area contributed by atoms with Crippen LogP contribution in [0.5, 0.6) is 11.5 Å². The number of rotatable bonds is 6. The van der Waals surface area contributed by atoms with Crippen molar-refractivity contribution in [3.8, 4) is 46.3 Å². The molecule has 0 aliphatic heterocycles. The van der Waals surface area contributed by atoms with Gasteiger partial charge < -0.3 is 9.47 Å². The Bertz CT molecular complexity index is 1240. The Labute approximate surface area is 193 Å². The standard InChI is InChI=1S/C29H22N2O2/c1-29(2,25-13-9-21(10-14-25)23-5-3-7-27(17-23)32-19-30)26-15-11-22(12-16-26)24-6-4-8-28(18-24)33-20-31/h3-18H,1-2H3. The molecule has 0 atom stereocenters. The Morgan fingerprint density at radius 2 is 0.939 bits per heavy atom. The number of hydrogen-bond donors (Lipinski definition) is 0. The van der Waals surface area contributed by atoms with Crippen molar-refractivity contribution >= 4 is 0 Å². The van der Waals surface area contributed by atoms with Gasteiger partial charge in [0.2, 0.25) is 0 Å². The van der Waals surface area contributed by atoms with E-state index in [4.69, 9.17) is 20.0 Å². The van der Waals surface area contributed by atoms with Crippen LogP contribution in [0.3, 0.4) is 0 Å². The second-order valence-corrected chi connectivity index (χ2v) is 8.22. The molecule has 4 rings (SSSR count). The first kappa shape index (κ1) is 21.7. The fraction of sp³-hybridized carbons (Fsp3) is 0.103. The molecule has 0 bridgehead atoms. The van der Waals surface area contributed by atoms with E-state index in [9.17, 15) is 0 Å². The fourth-order valence-corrected chi connectivity index (χ4v) is 3.91. The summed E-state index contributed by atoms with van der Waals surface area (Å²) in [5, 5.41) is 17.5. The lowest BCUT2D eigenvalue weighted by molar-refractivity contribution is 0.507. The Balaban J connectivity index is 1.57. The Kier molecular flexibility index (Phi) is 6.11. The Morgan fingerprint density at radius 3 is 1.30 bits per heavy atom. The highest BCUT2D eigenvalue weighted by molar-refractivity contribution is 5.67. The molecule has 0 spiro atoms. The van der Waals surface area contributed by atoms with Crippen LogP contribution in [0, 0.1) is 23.0 Å². The van der Waals surface area contributed by atoms with E-state index in [1.54, 1.807) is 24.6 Å². The zero-order valence-corrected chi connectivity index (χ0v) is 18.4. The Morgan fingerprint density at radius 1 is 0.545 bits per heavy atom. The van der Waals surface area contributed by atoms with Crippen molar-refractivity contribution in [1.29, 1.82) is 10.5 Å². The molecule has 0 N–H and O–H groups in total. The third-order valence-corrected chi connectivity index (χ3v) is 5.87. The molecule has 0 saturated heterocycles. The van der Waals surface area contributed by atoms with E-state index in [-0.39, 0.29) is 5.41 Å². The molecule has 0 amide bonds.